The summed E-state index contributed by atoms with van der Waals surface area (Å²) in [6.45, 7) is 5.65. The van der Waals surface area contributed by atoms with Gasteiger partial charge in [0.1, 0.15) is 10.0 Å². The molecule has 3 rings (SSSR count). The van der Waals surface area contributed by atoms with E-state index >= 15 is 0 Å². The highest BCUT2D eigenvalue weighted by Gasteiger charge is 2.13. The molecule has 1 aliphatic rings. The van der Waals surface area contributed by atoms with Crippen LogP contribution in [0.15, 0.2) is 18.2 Å². The van der Waals surface area contributed by atoms with Gasteiger partial charge in [0.25, 0.3) is 0 Å². The summed E-state index contributed by atoms with van der Waals surface area (Å²) in [5.74, 6) is 0. The smallest absolute Gasteiger partial charge is 0.147 e. The van der Waals surface area contributed by atoms with E-state index in [-0.39, 0.29) is 0 Å². The van der Waals surface area contributed by atoms with Gasteiger partial charge in [-0.05, 0) is 36.7 Å². The van der Waals surface area contributed by atoms with Crippen LogP contribution < -0.4 is 5.32 Å². The van der Waals surface area contributed by atoms with Crippen molar-refractivity contribution in [3.63, 3.8) is 0 Å². The molecule has 106 valence electrons. The third kappa shape index (κ3) is 3.06. The zero-order valence-electron chi connectivity index (χ0n) is 11.7. The van der Waals surface area contributed by atoms with Gasteiger partial charge in [-0.1, -0.05) is 30.4 Å². The SMILES string of the molecule is CCNCCCc1nnc(-c2ccc3c(c2)COC3)s1. The van der Waals surface area contributed by atoms with Crippen molar-refractivity contribution in [2.45, 2.75) is 33.0 Å². The number of ether oxygens (including phenoxy) is 1. The summed E-state index contributed by atoms with van der Waals surface area (Å²) in [6.07, 6.45) is 2.11. The zero-order valence-corrected chi connectivity index (χ0v) is 12.5. The van der Waals surface area contributed by atoms with E-state index in [1.54, 1.807) is 11.3 Å². The minimum Gasteiger partial charge on any atom is -0.372 e. The molecule has 2 heterocycles. The highest BCUT2D eigenvalue weighted by molar-refractivity contribution is 7.14. The van der Waals surface area contributed by atoms with Gasteiger partial charge in [-0.15, -0.1) is 10.2 Å². The fourth-order valence-corrected chi connectivity index (χ4v) is 3.20. The summed E-state index contributed by atoms with van der Waals surface area (Å²) >= 11 is 1.70. The van der Waals surface area contributed by atoms with Gasteiger partial charge in [0.2, 0.25) is 0 Å². The maximum atomic E-state index is 5.45. The topological polar surface area (TPSA) is 47.0 Å². The third-order valence-corrected chi connectivity index (χ3v) is 4.46. The van der Waals surface area contributed by atoms with Crippen LogP contribution in [0.2, 0.25) is 0 Å². The fourth-order valence-electron chi connectivity index (χ4n) is 2.32. The molecule has 1 aliphatic heterocycles. The second-order valence-corrected chi connectivity index (χ2v) is 6.00. The molecule has 4 nitrogen and oxygen atoms in total. The lowest BCUT2D eigenvalue weighted by Gasteiger charge is -1.99. The van der Waals surface area contributed by atoms with Gasteiger partial charge >= 0.3 is 0 Å². The molecule has 0 saturated heterocycles. The molecule has 1 aromatic heterocycles. The lowest BCUT2D eigenvalue weighted by atomic mass is 10.1. The van der Waals surface area contributed by atoms with Gasteiger partial charge in [0.05, 0.1) is 13.2 Å². The molecule has 0 saturated carbocycles. The fraction of sp³-hybridized carbons (Fsp3) is 0.467. The molecule has 0 aliphatic carbocycles. The standard InChI is InChI=1S/C15H19N3OS/c1-2-16-7-3-4-14-17-18-15(20-14)11-5-6-12-9-19-10-13(12)8-11/h5-6,8,16H,2-4,7,9-10H2,1H3. The van der Waals surface area contributed by atoms with E-state index in [0.29, 0.717) is 0 Å². The number of benzene rings is 1. The first-order valence-corrected chi connectivity index (χ1v) is 7.91. The first kappa shape index (κ1) is 13.7. The molecule has 0 fully saturated rings. The lowest BCUT2D eigenvalue weighted by Crippen LogP contribution is -2.14. The Balaban J connectivity index is 1.67. The average molecular weight is 289 g/mol. The van der Waals surface area contributed by atoms with Crippen LogP contribution in [-0.4, -0.2) is 23.3 Å². The van der Waals surface area contributed by atoms with Gasteiger partial charge in [-0.25, -0.2) is 0 Å². The average Bonchev–Trinajstić information content (AvgIpc) is 3.11. The monoisotopic (exact) mass is 289 g/mol. The van der Waals surface area contributed by atoms with E-state index in [0.717, 1.165) is 54.7 Å². The lowest BCUT2D eigenvalue weighted by molar-refractivity contribution is 0.134. The normalized spacial score (nSPS) is 13.7. The van der Waals surface area contributed by atoms with Crippen molar-refractivity contribution in [1.82, 2.24) is 15.5 Å². The molecule has 0 amide bonds. The summed E-state index contributed by atoms with van der Waals surface area (Å²) < 4.78 is 5.45. The Bertz CT molecular complexity index is 582. The molecule has 1 aromatic carbocycles. The highest BCUT2D eigenvalue weighted by atomic mass is 32.1. The molecule has 20 heavy (non-hydrogen) atoms. The second-order valence-electron chi connectivity index (χ2n) is 4.93. The Morgan fingerprint density at radius 3 is 3.05 bits per heavy atom. The van der Waals surface area contributed by atoms with Gasteiger partial charge < -0.3 is 10.1 Å². The van der Waals surface area contributed by atoms with Crippen LogP contribution in [-0.2, 0) is 24.4 Å². The van der Waals surface area contributed by atoms with E-state index in [2.05, 4.69) is 40.6 Å². The molecule has 0 atom stereocenters. The molecule has 0 spiro atoms. The van der Waals surface area contributed by atoms with Gasteiger partial charge in [0.15, 0.2) is 0 Å². The summed E-state index contributed by atoms with van der Waals surface area (Å²) in [5.41, 5.74) is 3.74. The van der Waals surface area contributed by atoms with Gasteiger partial charge in [-0.2, -0.15) is 0 Å². The number of aryl methyl sites for hydroxylation is 1. The Hall–Kier alpha value is -1.30. The summed E-state index contributed by atoms with van der Waals surface area (Å²) in [5, 5.41) is 14.1. The Kier molecular flexibility index (Phi) is 4.40. The second kappa shape index (κ2) is 6.43. The van der Waals surface area contributed by atoms with E-state index in [4.69, 9.17) is 4.74 Å². The largest absolute Gasteiger partial charge is 0.372 e. The number of aromatic nitrogens is 2. The first-order valence-electron chi connectivity index (χ1n) is 7.10. The van der Waals surface area contributed by atoms with Crippen LogP contribution in [0.5, 0.6) is 0 Å². The van der Waals surface area contributed by atoms with Crippen LogP contribution >= 0.6 is 11.3 Å². The van der Waals surface area contributed by atoms with Gasteiger partial charge in [-0.3, -0.25) is 0 Å². The maximum absolute atomic E-state index is 5.45. The molecule has 5 heteroatoms. The summed E-state index contributed by atoms with van der Waals surface area (Å²) in [6, 6.07) is 6.45. The van der Waals surface area contributed by atoms with Crippen molar-refractivity contribution in [3.05, 3.63) is 34.3 Å². The molecule has 0 bridgehead atoms. The van der Waals surface area contributed by atoms with Crippen LogP contribution in [0.1, 0.15) is 29.5 Å². The molecule has 0 unspecified atom stereocenters. The number of rotatable bonds is 6. The minimum atomic E-state index is 0.720. The molecular weight excluding hydrogens is 270 g/mol. The zero-order chi connectivity index (χ0) is 13.8. The minimum absolute atomic E-state index is 0.720. The predicted octanol–water partition coefficient (Wildman–Crippen LogP) is 2.78. The van der Waals surface area contributed by atoms with Crippen molar-refractivity contribution in [3.8, 4) is 10.6 Å². The number of nitrogens with one attached hydrogen (secondary N) is 1. The Labute approximate surface area is 123 Å². The number of nitrogens with zero attached hydrogens (tertiary/aromatic N) is 2. The van der Waals surface area contributed by atoms with Crippen molar-refractivity contribution in [1.29, 1.82) is 0 Å². The Morgan fingerprint density at radius 2 is 2.15 bits per heavy atom. The molecule has 1 N–H and O–H groups in total. The van der Waals surface area contributed by atoms with Crippen molar-refractivity contribution >= 4 is 11.3 Å². The maximum Gasteiger partial charge on any atom is 0.147 e. The summed E-state index contributed by atoms with van der Waals surface area (Å²) in [7, 11) is 0. The van der Waals surface area contributed by atoms with Crippen LogP contribution in [0.4, 0.5) is 0 Å². The molecule has 0 radical (unpaired) electrons. The van der Waals surface area contributed by atoms with Crippen LogP contribution in [0, 0.1) is 0 Å². The Morgan fingerprint density at radius 1 is 1.25 bits per heavy atom. The quantitative estimate of drug-likeness (QED) is 0.831. The van der Waals surface area contributed by atoms with Gasteiger partial charge in [0, 0.05) is 12.0 Å². The highest BCUT2D eigenvalue weighted by Crippen LogP contribution is 2.29. The summed E-state index contributed by atoms with van der Waals surface area (Å²) in [4.78, 5) is 0. The van der Waals surface area contributed by atoms with Crippen molar-refractivity contribution in [2.75, 3.05) is 13.1 Å². The number of fused-ring (bicyclic) bond motifs is 1. The molecule has 2 aromatic rings. The van der Waals surface area contributed by atoms with E-state index in [9.17, 15) is 0 Å². The van der Waals surface area contributed by atoms with Crippen molar-refractivity contribution in [2.24, 2.45) is 0 Å². The van der Waals surface area contributed by atoms with E-state index in [1.807, 2.05) is 0 Å². The molecular formula is C15H19N3OS. The van der Waals surface area contributed by atoms with E-state index < -0.39 is 0 Å². The third-order valence-electron chi connectivity index (χ3n) is 3.43. The predicted molar refractivity (Wildman–Crippen MR) is 80.7 cm³/mol. The van der Waals surface area contributed by atoms with Crippen molar-refractivity contribution < 1.29 is 4.74 Å². The van der Waals surface area contributed by atoms with E-state index in [1.165, 1.54) is 11.1 Å². The first-order chi connectivity index (χ1) is 9.86. The number of hydrogen-bond acceptors (Lipinski definition) is 5. The van der Waals surface area contributed by atoms with Crippen LogP contribution in [0.25, 0.3) is 10.6 Å². The number of hydrogen-bond donors (Lipinski definition) is 1. The van der Waals surface area contributed by atoms with Crippen LogP contribution in [0.3, 0.4) is 0 Å².